The van der Waals surface area contributed by atoms with Gasteiger partial charge in [-0.15, -0.1) is 0 Å². The van der Waals surface area contributed by atoms with Crippen molar-refractivity contribution in [3.8, 4) is 11.1 Å². The second kappa shape index (κ2) is 6.52. The quantitative estimate of drug-likeness (QED) is 0.787. The van der Waals surface area contributed by atoms with Crippen LogP contribution < -0.4 is 5.32 Å². The van der Waals surface area contributed by atoms with Gasteiger partial charge in [-0.1, -0.05) is 30.3 Å². The van der Waals surface area contributed by atoms with Gasteiger partial charge >= 0.3 is 0 Å². The van der Waals surface area contributed by atoms with E-state index >= 15 is 0 Å². The number of aryl methyl sites for hydroxylation is 1. The topological polar surface area (TPSA) is 60.1 Å². The van der Waals surface area contributed by atoms with Gasteiger partial charge in [0, 0.05) is 17.8 Å². The molecular formula is C18H19N3O2. The van der Waals surface area contributed by atoms with Crippen LogP contribution in [0.15, 0.2) is 53.3 Å². The summed E-state index contributed by atoms with van der Waals surface area (Å²) in [6.07, 6.45) is 2.92. The molecule has 1 N–H and O–H groups in total. The fraction of sp³-hybridized carbons (Fsp3) is 0.222. The lowest BCUT2D eigenvalue weighted by Gasteiger charge is -2.07. The van der Waals surface area contributed by atoms with Gasteiger partial charge in [0.2, 0.25) is 0 Å². The maximum Gasteiger partial charge on any atom is 0.254 e. The number of carbonyl (C=O) groups is 1. The monoisotopic (exact) mass is 309 g/mol. The zero-order chi connectivity index (χ0) is 16.2. The Balaban J connectivity index is 1.69. The Morgan fingerprint density at radius 3 is 2.70 bits per heavy atom. The van der Waals surface area contributed by atoms with Gasteiger partial charge in [-0.05, 0) is 25.5 Å². The van der Waals surface area contributed by atoms with Crippen molar-refractivity contribution in [1.82, 2.24) is 15.1 Å². The molecule has 0 radical (unpaired) electrons. The highest BCUT2D eigenvalue weighted by molar-refractivity contribution is 5.93. The molecular weight excluding hydrogens is 290 g/mol. The Morgan fingerprint density at radius 1 is 1.22 bits per heavy atom. The van der Waals surface area contributed by atoms with Crippen molar-refractivity contribution in [2.45, 2.75) is 20.4 Å². The zero-order valence-electron chi connectivity index (χ0n) is 13.2. The third-order valence-corrected chi connectivity index (χ3v) is 3.84. The van der Waals surface area contributed by atoms with Crippen molar-refractivity contribution in [3.63, 3.8) is 0 Å². The Kier molecular flexibility index (Phi) is 4.28. The average Bonchev–Trinajstić information content (AvgIpc) is 3.17. The molecule has 0 aliphatic heterocycles. The molecule has 3 rings (SSSR count). The molecule has 2 aromatic heterocycles. The van der Waals surface area contributed by atoms with Crippen molar-refractivity contribution in [2.24, 2.45) is 0 Å². The summed E-state index contributed by atoms with van der Waals surface area (Å²) in [5, 5.41) is 7.46. The lowest BCUT2D eigenvalue weighted by molar-refractivity contribution is 0.0951. The van der Waals surface area contributed by atoms with Crippen LogP contribution >= 0.6 is 0 Å². The van der Waals surface area contributed by atoms with Crippen LogP contribution in [0, 0.1) is 13.8 Å². The summed E-state index contributed by atoms with van der Waals surface area (Å²) in [6, 6.07) is 11.9. The van der Waals surface area contributed by atoms with Gasteiger partial charge in [0.15, 0.2) is 0 Å². The van der Waals surface area contributed by atoms with Crippen LogP contribution in [-0.4, -0.2) is 22.2 Å². The largest absolute Gasteiger partial charge is 0.472 e. The maximum atomic E-state index is 11.9. The molecule has 0 saturated carbocycles. The highest BCUT2D eigenvalue weighted by Gasteiger charge is 2.13. The summed E-state index contributed by atoms with van der Waals surface area (Å²) in [5.41, 5.74) is 4.95. The lowest BCUT2D eigenvalue weighted by Crippen LogP contribution is -2.27. The molecule has 0 saturated heterocycles. The van der Waals surface area contributed by atoms with E-state index in [0.29, 0.717) is 18.7 Å². The number of nitrogens with one attached hydrogen (secondary N) is 1. The first-order valence-electron chi connectivity index (χ1n) is 7.56. The molecule has 0 fully saturated rings. The van der Waals surface area contributed by atoms with Crippen LogP contribution in [0.3, 0.4) is 0 Å². The van der Waals surface area contributed by atoms with Crippen LogP contribution in [0.25, 0.3) is 11.1 Å². The molecule has 3 aromatic rings. The molecule has 0 unspecified atom stereocenters. The first-order chi connectivity index (χ1) is 11.2. The fourth-order valence-corrected chi connectivity index (χ4v) is 2.71. The van der Waals surface area contributed by atoms with Crippen molar-refractivity contribution in [3.05, 3.63) is 65.9 Å². The van der Waals surface area contributed by atoms with Crippen molar-refractivity contribution >= 4 is 5.91 Å². The number of aromatic nitrogens is 2. The Bertz CT molecular complexity index is 789. The van der Waals surface area contributed by atoms with Gasteiger partial charge in [0.05, 0.1) is 24.1 Å². The standard InChI is InChI=1S/C18H19N3O2/c1-13-17(15-6-4-3-5-7-15)14(2)21(20-13)10-9-19-18(22)16-8-11-23-12-16/h3-8,11-12H,9-10H2,1-2H3,(H,19,22). The molecule has 0 bridgehead atoms. The van der Waals surface area contributed by atoms with Crippen LogP contribution in [0.1, 0.15) is 21.7 Å². The van der Waals surface area contributed by atoms with Gasteiger partial charge in [-0.2, -0.15) is 5.10 Å². The van der Waals surface area contributed by atoms with Gasteiger partial charge in [0.25, 0.3) is 5.91 Å². The predicted octanol–water partition coefficient (Wildman–Crippen LogP) is 3.19. The number of hydrogen-bond donors (Lipinski definition) is 1. The minimum atomic E-state index is -0.136. The number of rotatable bonds is 5. The first kappa shape index (κ1) is 15.1. The molecule has 0 spiro atoms. The number of amides is 1. The highest BCUT2D eigenvalue weighted by Crippen LogP contribution is 2.26. The summed E-state index contributed by atoms with van der Waals surface area (Å²) in [4.78, 5) is 11.9. The van der Waals surface area contributed by atoms with Crippen LogP contribution in [0.5, 0.6) is 0 Å². The van der Waals surface area contributed by atoms with E-state index in [1.165, 1.54) is 12.5 Å². The van der Waals surface area contributed by atoms with Crippen molar-refractivity contribution in [2.75, 3.05) is 6.54 Å². The Morgan fingerprint density at radius 2 is 2.00 bits per heavy atom. The molecule has 5 heteroatoms. The predicted molar refractivity (Wildman–Crippen MR) is 88.2 cm³/mol. The zero-order valence-corrected chi connectivity index (χ0v) is 13.2. The molecule has 2 heterocycles. The van der Waals surface area contributed by atoms with Gasteiger partial charge < -0.3 is 9.73 Å². The van der Waals surface area contributed by atoms with Gasteiger partial charge in [-0.3, -0.25) is 9.48 Å². The van der Waals surface area contributed by atoms with Crippen LogP contribution in [-0.2, 0) is 6.54 Å². The second-order valence-corrected chi connectivity index (χ2v) is 5.40. The summed E-state index contributed by atoms with van der Waals surface area (Å²) >= 11 is 0. The molecule has 23 heavy (non-hydrogen) atoms. The minimum Gasteiger partial charge on any atom is -0.472 e. The van der Waals surface area contributed by atoms with E-state index in [2.05, 4.69) is 29.5 Å². The van der Waals surface area contributed by atoms with E-state index < -0.39 is 0 Å². The molecule has 118 valence electrons. The summed E-state index contributed by atoms with van der Waals surface area (Å²) in [7, 11) is 0. The van der Waals surface area contributed by atoms with Crippen molar-refractivity contribution in [1.29, 1.82) is 0 Å². The molecule has 0 aliphatic rings. The first-order valence-corrected chi connectivity index (χ1v) is 7.56. The van der Waals surface area contributed by atoms with Crippen molar-refractivity contribution < 1.29 is 9.21 Å². The number of nitrogens with zero attached hydrogens (tertiary/aromatic N) is 2. The molecule has 1 aromatic carbocycles. The molecule has 0 aliphatic carbocycles. The number of hydrogen-bond acceptors (Lipinski definition) is 3. The van der Waals surface area contributed by atoms with Gasteiger partial charge in [-0.25, -0.2) is 0 Å². The minimum absolute atomic E-state index is 0.136. The Hall–Kier alpha value is -2.82. The van der Waals surface area contributed by atoms with E-state index in [1.54, 1.807) is 6.07 Å². The van der Waals surface area contributed by atoms with E-state index in [0.717, 1.165) is 22.5 Å². The summed E-state index contributed by atoms with van der Waals surface area (Å²) in [5.74, 6) is -0.136. The van der Waals surface area contributed by atoms with E-state index in [4.69, 9.17) is 4.42 Å². The third-order valence-electron chi connectivity index (χ3n) is 3.84. The molecule has 5 nitrogen and oxygen atoms in total. The average molecular weight is 309 g/mol. The summed E-state index contributed by atoms with van der Waals surface area (Å²) < 4.78 is 6.85. The summed E-state index contributed by atoms with van der Waals surface area (Å²) in [6.45, 7) is 5.21. The highest BCUT2D eigenvalue weighted by atomic mass is 16.3. The van der Waals surface area contributed by atoms with Gasteiger partial charge in [0.1, 0.15) is 6.26 Å². The number of benzene rings is 1. The molecule has 0 atom stereocenters. The smallest absolute Gasteiger partial charge is 0.254 e. The third kappa shape index (κ3) is 3.18. The SMILES string of the molecule is Cc1nn(CCNC(=O)c2ccoc2)c(C)c1-c1ccccc1. The van der Waals surface area contributed by atoms with E-state index in [-0.39, 0.29) is 5.91 Å². The second-order valence-electron chi connectivity index (χ2n) is 5.40. The number of carbonyl (C=O) groups excluding carboxylic acids is 1. The van der Waals surface area contributed by atoms with Crippen LogP contribution in [0.4, 0.5) is 0 Å². The molecule has 1 amide bonds. The van der Waals surface area contributed by atoms with E-state index in [9.17, 15) is 4.79 Å². The Labute approximate surface area is 134 Å². The lowest BCUT2D eigenvalue weighted by atomic mass is 10.0. The number of furan rings is 1. The van der Waals surface area contributed by atoms with Crippen LogP contribution in [0.2, 0.25) is 0 Å². The normalized spacial score (nSPS) is 10.7. The maximum absolute atomic E-state index is 11.9. The fourth-order valence-electron chi connectivity index (χ4n) is 2.71. The van der Waals surface area contributed by atoms with E-state index in [1.807, 2.05) is 29.8 Å².